The van der Waals surface area contributed by atoms with Gasteiger partial charge in [-0.15, -0.1) is 0 Å². The summed E-state index contributed by atoms with van der Waals surface area (Å²) in [6.07, 6.45) is 6.86. The van der Waals surface area contributed by atoms with Gasteiger partial charge in [-0.3, -0.25) is 0 Å². The van der Waals surface area contributed by atoms with Crippen molar-refractivity contribution in [3.8, 4) is 0 Å². The Morgan fingerprint density at radius 1 is 1.33 bits per heavy atom. The van der Waals surface area contributed by atoms with Crippen LogP contribution < -0.4 is 0 Å². The Morgan fingerprint density at radius 2 is 2.00 bits per heavy atom. The molecule has 0 bridgehead atoms. The Balaban J connectivity index is 3.67. The van der Waals surface area contributed by atoms with Crippen LogP contribution in [0.2, 0.25) is 25.7 Å². The molecule has 15 heavy (non-hydrogen) atoms. The molecule has 4 heteroatoms. The van der Waals surface area contributed by atoms with Crippen molar-refractivity contribution in [1.82, 2.24) is 0 Å². The summed E-state index contributed by atoms with van der Waals surface area (Å²) in [4.78, 5) is 11.2. The second-order valence-corrected chi connectivity index (χ2v) is 10.7. The molecular formula is C11H19BrO2Si. The first-order chi connectivity index (χ1) is 6.95. The average Bonchev–Trinajstić information content (AvgIpc) is 2.10. The van der Waals surface area contributed by atoms with E-state index in [0.717, 1.165) is 11.4 Å². The fourth-order valence-electron chi connectivity index (χ4n) is 0.770. The van der Waals surface area contributed by atoms with Gasteiger partial charge in [0.2, 0.25) is 0 Å². The van der Waals surface area contributed by atoms with Crippen molar-refractivity contribution in [1.29, 1.82) is 0 Å². The van der Waals surface area contributed by atoms with Crippen LogP contribution in [0.15, 0.2) is 24.3 Å². The highest BCUT2D eigenvalue weighted by Crippen LogP contribution is 2.07. The quantitative estimate of drug-likeness (QED) is 0.246. The molecule has 0 rings (SSSR count). The van der Waals surface area contributed by atoms with Crippen LogP contribution in [-0.2, 0) is 9.53 Å². The highest BCUT2D eigenvalue weighted by molar-refractivity contribution is 9.09. The van der Waals surface area contributed by atoms with E-state index in [4.69, 9.17) is 4.74 Å². The lowest BCUT2D eigenvalue weighted by Gasteiger charge is -2.14. The Kier molecular flexibility index (Phi) is 7.69. The summed E-state index contributed by atoms with van der Waals surface area (Å²) in [6, 6.07) is 1.02. The number of alkyl halides is 1. The van der Waals surface area contributed by atoms with Gasteiger partial charge in [-0.1, -0.05) is 53.8 Å². The first-order valence-corrected chi connectivity index (χ1v) is 9.84. The molecule has 86 valence electrons. The lowest BCUT2D eigenvalue weighted by Crippen LogP contribution is -2.22. The minimum absolute atomic E-state index is 0.257. The van der Waals surface area contributed by atoms with E-state index in [1.807, 2.05) is 12.2 Å². The summed E-state index contributed by atoms with van der Waals surface area (Å²) < 4.78 is 5.06. The number of ether oxygens (including phenoxy) is 1. The molecular weight excluding hydrogens is 272 g/mol. The standard InChI is InChI=1S/C11H19BrO2Si/c1-15(2,3)10-9-14-11(13)7-5-4-6-8-12/h4-7H,8-10H2,1-3H3/b6-4+,7-5+. The van der Waals surface area contributed by atoms with Gasteiger partial charge in [0.1, 0.15) is 0 Å². The zero-order chi connectivity index (χ0) is 11.7. The number of esters is 1. The van der Waals surface area contributed by atoms with Crippen LogP contribution >= 0.6 is 15.9 Å². The first-order valence-electron chi connectivity index (χ1n) is 5.01. The number of carbonyl (C=O) groups is 1. The largest absolute Gasteiger partial charge is 0.463 e. The molecule has 0 unspecified atom stereocenters. The van der Waals surface area contributed by atoms with Gasteiger partial charge in [-0.25, -0.2) is 4.79 Å². The normalized spacial score (nSPS) is 12.5. The number of rotatable bonds is 6. The minimum atomic E-state index is -1.09. The third-order valence-electron chi connectivity index (χ3n) is 1.66. The maximum atomic E-state index is 11.2. The molecule has 0 aromatic rings. The second kappa shape index (κ2) is 7.88. The van der Waals surface area contributed by atoms with Gasteiger partial charge in [-0.2, -0.15) is 0 Å². The molecule has 0 aromatic heterocycles. The van der Waals surface area contributed by atoms with Crippen LogP contribution in [0.4, 0.5) is 0 Å². The Bertz CT molecular complexity index is 241. The monoisotopic (exact) mass is 290 g/mol. The van der Waals surface area contributed by atoms with Crippen molar-refractivity contribution in [2.75, 3.05) is 11.9 Å². The molecule has 0 atom stereocenters. The summed E-state index contributed by atoms with van der Waals surface area (Å²) in [5.74, 6) is -0.257. The molecule has 0 aliphatic carbocycles. The van der Waals surface area contributed by atoms with E-state index in [1.165, 1.54) is 6.08 Å². The topological polar surface area (TPSA) is 26.3 Å². The van der Waals surface area contributed by atoms with Crippen LogP contribution in [0, 0.1) is 0 Å². The van der Waals surface area contributed by atoms with Crippen molar-refractivity contribution < 1.29 is 9.53 Å². The lowest BCUT2D eigenvalue weighted by atomic mass is 10.4. The number of hydrogen-bond donors (Lipinski definition) is 0. The minimum Gasteiger partial charge on any atom is -0.463 e. The van der Waals surface area contributed by atoms with Gasteiger partial charge in [0.25, 0.3) is 0 Å². The second-order valence-electron chi connectivity index (χ2n) is 4.42. The number of carbonyl (C=O) groups excluding carboxylic acids is 1. The Morgan fingerprint density at radius 3 is 2.53 bits per heavy atom. The van der Waals surface area contributed by atoms with Crippen LogP contribution in [0.5, 0.6) is 0 Å². The van der Waals surface area contributed by atoms with E-state index in [0.29, 0.717) is 6.61 Å². The summed E-state index contributed by atoms with van der Waals surface area (Å²) in [6.45, 7) is 7.32. The van der Waals surface area contributed by atoms with E-state index in [-0.39, 0.29) is 5.97 Å². The molecule has 0 radical (unpaired) electrons. The zero-order valence-electron chi connectivity index (χ0n) is 9.63. The van der Waals surface area contributed by atoms with Crippen molar-refractivity contribution >= 4 is 30.0 Å². The van der Waals surface area contributed by atoms with Crippen molar-refractivity contribution in [3.05, 3.63) is 24.3 Å². The van der Waals surface area contributed by atoms with Crippen LogP contribution in [0.25, 0.3) is 0 Å². The van der Waals surface area contributed by atoms with Gasteiger partial charge in [-0.05, 0) is 6.04 Å². The third-order valence-corrected chi connectivity index (χ3v) is 3.74. The van der Waals surface area contributed by atoms with Crippen LogP contribution in [0.1, 0.15) is 0 Å². The van der Waals surface area contributed by atoms with E-state index >= 15 is 0 Å². The smallest absolute Gasteiger partial charge is 0.330 e. The molecule has 0 aliphatic heterocycles. The first kappa shape index (κ1) is 14.6. The van der Waals surface area contributed by atoms with Gasteiger partial charge in [0.05, 0.1) is 6.61 Å². The van der Waals surface area contributed by atoms with E-state index < -0.39 is 8.07 Å². The lowest BCUT2D eigenvalue weighted by molar-refractivity contribution is -0.137. The van der Waals surface area contributed by atoms with E-state index in [9.17, 15) is 4.79 Å². The SMILES string of the molecule is C[Si](C)(C)CCOC(=O)/C=C/C=C/CBr. The summed E-state index contributed by atoms with van der Waals surface area (Å²) in [5, 5.41) is 0.794. The Labute approximate surface area is 102 Å². The van der Waals surface area contributed by atoms with Gasteiger partial charge < -0.3 is 4.74 Å². The number of hydrogen-bond acceptors (Lipinski definition) is 2. The molecule has 0 amide bonds. The van der Waals surface area contributed by atoms with Gasteiger partial charge in [0.15, 0.2) is 0 Å². The van der Waals surface area contributed by atoms with Crippen LogP contribution in [-0.4, -0.2) is 26.0 Å². The molecule has 0 fully saturated rings. The highest BCUT2D eigenvalue weighted by Gasteiger charge is 2.12. The van der Waals surface area contributed by atoms with Crippen molar-refractivity contribution in [2.24, 2.45) is 0 Å². The molecule has 0 N–H and O–H groups in total. The van der Waals surface area contributed by atoms with Gasteiger partial charge in [0, 0.05) is 19.5 Å². The molecule has 0 aliphatic rings. The van der Waals surface area contributed by atoms with Crippen molar-refractivity contribution in [2.45, 2.75) is 25.7 Å². The highest BCUT2D eigenvalue weighted by atomic mass is 79.9. The predicted molar refractivity (Wildman–Crippen MR) is 71.2 cm³/mol. The molecule has 0 spiro atoms. The third kappa shape index (κ3) is 11.6. The fourth-order valence-corrected chi connectivity index (χ4v) is 1.70. The van der Waals surface area contributed by atoms with Gasteiger partial charge >= 0.3 is 5.97 Å². The summed E-state index contributed by atoms with van der Waals surface area (Å²) in [5.41, 5.74) is 0. The van der Waals surface area contributed by atoms with E-state index in [2.05, 4.69) is 35.6 Å². The number of allylic oxidation sites excluding steroid dienone is 3. The summed E-state index contributed by atoms with van der Waals surface area (Å²) in [7, 11) is -1.09. The maximum Gasteiger partial charge on any atom is 0.330 e. The van der Waals surface area contributed by atoms with E-state index in [1.54, 1.807) is 6.08 Å². The summed E-state index contributed by atoms with van der Waals surface area (Å²) >= 11 is 3.25. The molecule has 0 saturated heterocycles. The molecule has 0 saturated carbocycles. The Hall–Kier alpha value is -0.353. The zero-order valence-corrected chi connectivity index (χ0v) is 12.2. The molecule has 0 heterocycles. The fraction of sp³-hybridized carbons (Fsp3) is 0.545. The number of halogens is 1. The average molecular weight is 291 g/mol. The molecule has 2 nitrogen and oxygen atoms in total. The van der Waals surface area contributed by atoms with Crippen molar-refractivity contribution in [3.63, 3.8) is 0 Å². The molecule has 0 aromatic carbocycles. The maximum absolute atomic E-state index is 11.2. The predicted octanol–water partition coefficient (Wildman–Crippen LogP) is 3.38. The van der Waals surface area contributed by atoms with Crippen LogP contribution in [0.3, 0.4) is 0 Å².